The lowest BCUT2D eigenvalue weighted by Gasteiger charge is -2.40. The number of hydrogen-bond donors (Lipinski definition) is 2. The summed E-state index contributed by atoms with van der Waals surface area (Å²) < 4.78 is 0. The molecule has 11 nitrogen and oxygen atoms in total. The van der Waals surface area contributed by atoms with Gasteiger partial charge in [-0.1, -0.05) is 48.5 Å². The molecular formula is C47H47N5O6. The zero-order chi connectivity index (χ0) is 39.7. The van der Waals surface area contributed by atoms with Crippen LogP contribution in [0.3, 0.4) is 0 Å². The first-order valence-electron chi connectivity index (χ1n) is 20.7. The van der Waals surface area contributed by atoms with Crippen molar-refractivity contribution in [3.63, 3.8) is 0 Å². The summed E-state index contributed by atoms with van der Waals surface area (Å²) in [5.41, 5.74) is 8.99. The minimum absolute atomic E-state index is 0.0794. The van der Waals surface area contributed by atoms with Crippen molar-refractivity contribution in [1.82, 2.24) is 20.0 Å². The van der Waals surface area contributed by atoms with Crippen molar-refractivity contribution in [3.05, 3.63) is 129 Å². The van der Waals surface area contributed by atoms with Crippen LogP contribution in [0.2, 0.25) is 0 Å². The van der Waals surface area contributed by atoms with Gasteiger partial charge in [-0.05, 0) is 120 Å². The van der Waals surface area contributed by atoms with Crippen molar-refractivity contribution < 1.29 is 29.1 Å². The maximum Gasteiger partial charge on any atom is 0.262 e. The molecule has 5 aliphatic heterocycles. The molecule has 1 aliphatic carbocycles. The summed E-state index contributed by atoms with van der Waals surface area (Å²) in [6.45, 7) is 4.73. The van der Waals surface area contributed by atoms with Crippen LogP contribution in [0.1, 0.15) is 104 Å². The van der Waals surface area contributed by atoms with Gasteiger partial charge in [-0.3, -0.25) is 39.1 Å². The maximum absolute atomic E-state index is 13.6. The number of fused-ring (bicyclic) bond motifs is 3. The second-order valence-corrected chi connectivity index (χ2v) is 17.3. The number of piperidine rings is 2. The quantitative estimate of drug-likeness (QED) is 0.246. The Kier molecular flexibility index (Phi) is 8.96. The first-order valence-corrected chi connectivity index (χ1v) is 20.7. The molecule has 5 amide bonds. The SMILES string of the molecule is O=C1CCC(N2C(=O)c3cc4c(cc3C2=O)CN(CC(=O)N2CCC3(CC2)CCN(c2ccc([C@H]5c6ccc(O)cc6CC[C@H]5c5ccccc5)cc2)C3)C4)C(=O)N1. The van der Waals surface area contributed by atoms with E-state index in [2.05, 4.69) is 75.8 Å². The highest BCUT2D eigenvalue weighted by Gasteiger charge is 2.46. The van der Waals surface area contributed by atoms with Gasteiger partial charge in [0.2, 0.25) is 17.7 Å². The molecule has 10 rings (SSSR count). The van der Waals surface area contributed by atoms with Gasteiger partial charge >= 0.3 is 0 Å². The molecule has 11 heteroatoms. The first kappa shape index (κ1) is 36.5. The maximum atomic E-state index is 13.6. The molecule has 3 saturated heterocycles. The fraction of sp³-hybridized carbons (Fsp3) is 0.383. The predicted octanol–water partition coefficient (Wildman–Crippen LogP) is 5.49. The normalized spacial score (nSPS) is 23.9. The Bertz CT molecular complexity index is 2310. The number of nitrogens with zero attached hydrogens (tertiary/aromatic N) is 4. The average molecular weight is 778 g/mol. The van der Waals surface area contributed by atoms with Crippen molar-refractivity contribution in [3.8, 4) is 5.75 Å². The highest BCUT2D eigenvalue weighted by molar-refractivity contribution is 6.23. The predicted molar refractivity (Wildman–Crippen MR) is 216 cm³/mol. The Morgan fingerprint density at radius 2 is 1.43 bits per heavy atom. The molecule has 58 heavy (non-hydrogen) atoms. The Labute approximate surface area is 337 Å². The third kappa shape index (κ3) is 6.36. The summed E-state index contributed by atoms with van der Waals surface area (Å²) in [6.07, 6.45) is 5.24. The minimum Gasteiger partial charge on any atom is -0.508 e. The smallest absolute Gasteiger partial charge is 0.262 e. The fourth-order valence-corrected chi connectivity index (χ4v) is 10.8. The number of hydrogen-bond acceptors (Lipinski definition) is 8. The molecule has 6 aliphatic rings. The summed E-state index contributed by atoms with van der Waals surface area (Å²) in [6, 6.07) is 28.4. The van der Waals surface area contributed by atoms with Crippen LogP contribution in [0.5, 0.6) is 5.75 Å². The lowest BCUT2D eigenvalue weighted by atomic mass is 9.69. The number of benzene rings is 4. The molecule has 296 valence electrons. The number of phenols is 1. The molecule has 4 aromatic carbocycles. The number of aryl methyl sites for hydroxylation is 1. The number of rotatable bonds is 6. The van der Waals surface area contributed by atoms with Crippen LogP contribution in [-0.2, 0) is 33.9 Å². The van der Waals surface area contributed by atoms with E-state index >= 15 is 0 Å². The van der Waals surface area contributed by atoms with Crippen molar-refractivity contribution in [2.24, 2.45) is 5.41 Å². The number of nitrogens with one attached hydrogen (secondary N) is 1. The van der Waals surface area contributed by atoms with E-state index in [-0.39, 0.29) is 47.8 Å². The van der Waals surface area contributed by atoms with E-state index < -0.39 is 29.7 Å². The summed E-state index contributed by atoms with van der Waals surface area (Å²) in [5, 5.41) is 12.5. The molecule has 5 heterocycles. The number of carbonyl (C=O) groups is 5. The average Bonchev–Trinajstić information content (AvgIpc) is 3.90. The van der Waals surface area contributed by atoms with E-state index in [1.807, 2.05) is 17.0 Å². The molecule has 0 radical (unpaired) electrons. The highest BCUT2D eigenvalue weighted by atomic mass is 16.3. The van der Waals surface area contributed by atoms with Gasteiger partial charge in [-0.2, -0.15) is 0 Å². The van der Waals surface area contributed by atoms with Gasteiger partial charge in [0.15, 0.2) is 0 Å². The van der Waals surface area contributed by atoms with E-state index in [0.29, 0.717) is 24.8 Å². The Balaban J connectivity index is 0.752. The molecule has 2 N–H and O–H groups in total. The van der Waals surface area contributed by atoms with Crippen LogP contribution >= 0.6 is 0 Å². The van der Waals surface area contributed by atoms with Crippen molar-refractivity contribution >= 4 is 35.2 Å². The van der Waals surface area contributed by atoms with Crippen LogP contribution in [0.25, 0.3) is 0 Å². The molecule has 0 aromatic heterocycles. The molecule has 3 fully saturated rings. The summed E-state index contributed by atoms with van der Waals surface area (Å²) in [5.74, 6) is -1.04. The van der Waals surface area contributed by atoms with E-state index in [1.54, 1.807) is 12.1 Å². The van der Waals surface area contributed by atoms with Crippen LogP contribution < -0.4 is 10.2 Å². The topological polar surface area (TPSA) is 131 Å². The van der Waals surface area contributed by atoms with Gasteiger partial charge in [-0.15, -0.1) is 0 Å². The Morgan fingerprint density at radius 3 is 2.12 bits per heavy atom. The van der Waals surface area contributed by atoms with Gasteiger partial charge in [-0.25, -0.2) is 0 Å². The first-order chi connectivity index (χ1) is 28.1. The molecule has 0 saturated carbocycles. The van der Waals surface area contributed by atoms with Gasteiger partial charge < -0.3 is 14.9 Å². The number of likely N-dealkylation sites (tertiary alicyclic amines) is 1. The molecule has 4 aromatic rings. The summed E-state index contributed by atoms with van der Waals surface area (Å²) >= 11 is 0. The van der Waals surface area contributed by atoms with Gasteiger partial charge in [0.25, 0.3) is 11.8 Å². The Morgan fingerprint density at radius 1 is 0.741 bits per heavy atom. The van der Waals surface area contributed by atoms with Crippen molar-refractivity contribution in [1.29, 1.82) is 0 Å². The summed E-state index contributed by atoms with van der Waals surface area (Å²) in [7, 11) is 0. The molecule has 1 unspecified atom stereocenters. The number of aromatic hydroxyl groups is 1. The van der Waals surface area contributed by atoms with Crippen LogP contribution in [0.15, 0.2) is 84.9 Å². The zero-order valence-corrected chi connectivity index (χ0v) is 32.5. The number of phenolic OH excluding ortho intramolecular Hbond substituents is 1. The minimum atomic E-state index is -0.992. The molecule has 0 bridgehead atoms. The highest BCUT2D eigenvalue weighted by Crippen LogP contribution is 2.48. The Hall–Kier alpha value is -5.81. The van der Waals surface area contributed by atoms with E-state index in [1.165, 1.54) is 27.9 Å². The third-order valence-corrected chi connectivity index (χ3v) is 14.0. The van der Waals surface area contributed by atoms with E-state index in [9.17, 15) is 29.1 Å². The fourth-order valence-electron chi connectivity index (χ4n) is 10.8. The zero-order valence-electron chi connectivity index (χ0n) is 32.5. The van der Waals surface area contributed by atoms with Crippen molar-refractivity contribution in [2.45, 2.75) is 75.9 Å². The second kappa shape index (κ2) is 14.2. The third-order valence-electron chi connectivity index (χ3n) is 14.0. The van der Waals surface area contributed by atoms with Crippen molar-refractivity contribution in [2.75, 3.05) is 37.6 Å². The van der Waals surface area contributed by atoms with E-state index in [4.69, 9.17) is 0 Å². The number of carbonyl (C=O) groups excluding carboxylic acids is 5. The number of amides is 5. The lowest BCUT2D eigenvalue weighted by Crippen LogP contribution is -2.54. The van der Waals surface area contributed by atoms with Crippen LogP contribution in [0, 0.1) is 5.41 Å². The summed E-state index contributed by atoms with van der Waals surface area (Å²) in [4.78, 5) is 72.0. The second-order valence-electron chi connectivity index (χ2n) is 17.3. The standard InChI is InChI=1S/C47H47N5O6/c53-35-11-13-37-31(22-35)8-12-36(29-4-2-1-3-5-29)43(37)30-6-9-34(10-7-30)51-21-18-47(28-51)16-19-50(20-17-47)42(55)27-49-25-32-23-38-39(24-33(32)26-49)46(58)52(45(38)57)40-14-15-41(54)48-44(40)56/h1-7,9-11,13,22-24,36,40,43,53H,8,12,14-21,25-28H2,(H,48,54,56)/t36-,40?,43+/m0/s1. The number of imide groups is 2. The molecular weight excluding hydrogens is 731 g/mol. The lowest BCUT2D eigenvalue weighted by molar-refractivity contribution is -0.136. The number of anilines is 1. The molecule has 1 spiro atoms. The van der Waals surface area contributed by atoms with Gasteiger partial charge in [0, 0.05) is 57.3 Å². The van der Waals surface area contributed by atoms with Crippen LogP contribution in [0.4, 0.5) is 5.69 Å². The molecule has 3 atom stereocenters. The van der Waals surface area contributed by atoms with E-state index in [0.717, 1.165) is 74.3 Å². The van der Waals surface area contributed by atoms with Gasteiger partial charge in [0.05, 0.1) is 17.7 Å². The monoisotopic (exact) mass is 777 g/mol. The van der Waals surface area contributed by atoms with Gasteiger partial charge in [0.1, 0.15) is 11.8 Å². The van der Waals surface area contributed by atoms with Crippen LogP contribution in [-0.4, -0.2) is 88.1 Å². The largest absolute Gasteiger partial charge is 0.508 e.